The van der Waals surface area contributed by atoms with Crippen molar-refractivity contribution in [3.63, 3.8) is 0 Å². The lowest BCUT2D eigenvalue weighted by Crippen LogP contribution is -2.48. The molecule has 0 fully saturated rings. The lowest BCUT2D eigenvalue weighted by Gasteiger charge is -2.22. The molecule has 2 N–H and O–H groups in total. The van der Waals surface area contributed by atoms with E-state index in [-0.39, 0.29) is 11.9 Å². The van der Waals surface area contributed by atoms with Gasteiger partial charge in [-0.3, -0.25) is 4.79 Å². The van der Waals surface area contributed by atoms with E-state index in [9.17, 15) is 4.79 Å². The van der Waals surface area contributed by atoms with Crippen LogP contribution < -0.4 is 10.6 Å². The highest BCUT2D eigenvalue weighted by Crippen LogP contribution is 2.00. The highest BCUT2D eigenvalue weighted by Gasteiger charge is 2.16. The number of carbonyl (C=O) groups is 1. The van der Waals surface area contributed by atoms with Crippen molar-refractivity contribution in [1.29, 1.82) is 0 Å². The van der Waals surface area contributed by atoms with E-state index in [4.69, 9.17) is 0 Å². The Morgan fingerprint density at radius 1 is 1.12 bits per heavy atom. The van der Waals surface area contributed by atoms with Gasteiger partial charge in [-0.25, -0.2) is 0 Å². The molecule has 0 aromatic carbocycles. The summed E-state index contributed by atoms with van der Waals surface area (Å²) >= 11 is 0. The van der Waals surface area contributed by atoms with E-state index in [2.05, 4.69) is 38.3 Å². The molecule has 0 saturated carbocycles. The molecule has 0 heterocycles. The highest BCUT2D eigenvalue weighted by molar-refractivity contribution is 5.81. The Balaban J connectivity index is 3.97. The number of carbonyl (C=O) groups excluding carboxylic acids is 1. The van der Waals surface area contributed by atoms with Gasteiger partial charge in [0.2, 0.25) is 5.91 Å². The summed E-state index contributed by atoms with van der Waals surface area (Å²) < 4.78 is 0. The molecule has 3 nitrogen and oxygen atoms in total. The fourth-order valence-corrected chi connectivity index (χ4v) is 1.84. The van der Waals surface area contributed by atoms with Crippen molar-refractivity contribution in [1.82, 2.24) is 10.6 Å². The third-order valence-corrected chi connectivity index (χ3v) is 2.98. The molecule has 96 valence electrons. The average Bonchev–Trinajstić information content (AvgIpc) is 2.25. The first-order valence-electron chi connectivity index (χ1n) is 6.61. The van der Waals surface area contributed by atoms with Crippen LogP contribution in [0.15, 0.2) is 0 Å². The Bertz CT molecular complexity index is 190. The van der Waals surface area contributed by atoms with E-state index in [1.807, 2.05) is 6.92 Å². The second-order valence-electron chi connectivity index (χ2n) is 4.60. The van der Waals surface area contributed by atoms with Crippen molar-refractivity contribution in [2.24, 2.45) is 0 Å². The van der Waals surface area contributed by atoms with E-state index in [0.29, 0.717) is 12.1 Å². The second-order valence-corrected chi connectivity index (χ2v) is 4.60. The first kappa shape index (κ1) is 15.4. The van der Waals surface area contributed by atoms with Gasteiger partial charge in [0.15, 0.2) is 0 Å². The molecule has 0 aliphatic carbocycles. The Hall–Kier alpha value is -0.570. The molecule has 0 radical (unpaired) electrons. The standard InChI is InChI=1S/C13H28N2O/c1-6-9-10(4)14-11(5)13(16)15-12(7-2)8-3/h10-12,14H,6-9H2,1-5H3,(H,15,16). The van der Waals surface area contributed by atoms with Crippen LogP contribution in [0.2, 0.25) is 0 Å². The van der Waals surface area contributed by atoms with Crippen molar-refractivity contribution in [3.05, 3.63) is 0 Å². The molecule has 1 amide bonds. The summed E-state index contributed by atoms with van der Waals surface area (Å²) in [6.45, 7) is 10.4. The van der Waals surface area contributed by atoms with Crippen molar-refractivity contribution in [2.75, 3.05) is 0 Å². The molecule has 0 aliphatic rings. The first-order valence-corrected chi connectivity index (χ1v) is 6.61. The molecule has 0 spiro atoms. The fourth-order valence-electron chi connectivity index (χ4n) is 1.84. The van der Waals surface area contributed by atoms with Crippen molar-refractivity contribution in [2.45, 2.75) is 78.4 Å². The van der Waals surface area contributed by atoms with Gasteiger partial charge in [-0.15, -0.1) is 0 Å². The van der Waals surface area contributed by atoms with Gasteiger partial charge in [-0.05, 0) is 33.1 Å². The maximum Gasteiger partial charge on any atom is 0.237 e. The molecule has 2 unspecified atom stereocenters. The summed E-state index contributed by atoms with van der Waals surface area (Å²) in [7, 11) is 0. The first-order chi connectivity index (χ1) is 7.54. The molecule has 0 saturated heterocycles. The van der Waals surface area contributed by atoms with Crippen molar-refractivity contribution in [3.8, 4) is 0 Å². The van der Waals surface area contributed by atoms with Gasteiger partial charge in [0.25, 0.3) is 0 Å². The minimum absolute atomic E-state index is 0.0952. The van der Waals surface area contributed by atoms with E-state index in [1.165, 1.54) is 0 Å². The molecule has 16 heavy (non-hydrogen) atoms. The van der Waals surface area contributed by atoms with Crippen molar-refractivity contribution >= 4 is 5.91 Å². The molecule has 0 rings (SSSR count). The monoisotopic (exact) mass is 228 g/mol. The molecule has 0 bridgehead atoms. The van der Waals surface area contributed by atoms with Crippen LogP contribution in [0.25, 0.3) is 0 Å². The van der Waals surface area contributed by atoms with Crippen molar-refractivity contribution < 1.29 is 4.79 Å². The van der Waals surface area contributed by atoms with E-state index in [1.54, 1.807) is 0 Å². The van der Waals surface area contributed by atoms with Gasteiger partial charge in [-0.1, -0.05) is 27.2 Å². The third-order valence-electron chi connectivity index (χ3n) is 2.98. The maximum absolute atomic E-state index is 11.8. The normalized spacial score (nSPS) is 14.9. The zero-order valence-corrected chi connectivity index (χ0v) is 11.5. The van der Waals surface area contributed by atoms with Crippen LogP contribution >= 0.6 is 0 Å². The summed E-state index contributed by atoms with van der Waals surface area (Å²) in [5, 5.41) is 6.38. The Morgan fingerprint density at radius 2 is 1.69 bits per heavy atom. The fraction of sp³-hybridized carbons (Fsp3) is 0.923. The number of nitrogens with one attached hydrogen (secondary N) is 2. The summed E-state index contributed by atoms with van der Waals surface area (Å²) in [5.74, 6) is 0.122. The van der Waals surface area contributed by atoms with Gasteiger partial charge < -0.3 is 10.6 Å². The van der Waals surface area contributed by atoms with Gasteiger partial charge >= 0.3 is 0 Å². The van der Waals surface area contributed by atoms with Crippen LogP contribution in [0.3, 0.4) is 0 Å². The molecule has 2 atom stereocenters. The summed E-state index contributed by atoms with van der Waals surface area (Å²) in [6, 6.07) is 0.632. The van der Waals surface area contributed by atoms with Crippen LogP contribution in [0.4, 0.5) is 0 Å². The van der Waals surface area contributed by atoms with E-state index >= 15 is 0 Å². The van der Waals surface area contributed by atoms with Crippen LogP contribution in [0.1, 0.15) is 60.3 Å². The number of hydrogen-bond acceptors (Lipinski definition) is 2. The molecule has 3 heteroatoms. The smallest absolute Gasteiger partial charge is 0.237 e. The topological polar surface area (TPSA) is 41.1 Å². The van der Waals surface area contributed by atoms with Crippen LogP contribution in [0, 0.1) is 0 Å². The number of rotatable bonds is 8. The zero-order chi connectivity index (χ0) is 12.6. The molecular formula is C13H28N2O. The van der Waals surface area contributed by atoms with E-state index < -0.39 is 0 Å². The highest BCUT2D eigenvalue weighted by atomic mass is 16.2. The van der Waals surface area contributed by atoms with Gasteiger partial charge in [0.1, 0.15) is 0 Å². The summed E-state index contributed by atoms with van der Waals surface area (Å²) in [4.78, 5) is 11.8. The largest absolute Gasteiger partial charge is 0.352 e. The minimum atomic E-state index is -0.0952. The minimum Gasteiger partial charge on any atom is -0.352 e. The van der Waals surface area contributed by atoms with Crippen LogP contribution in [-0.4, -0.2) is 24.0 Å². The summed E-state index contributed by atoms with van der Waals surface area (Å²) in [6.07, 6.45) is 4.26. The van der Waals surface area contributed by atoms with E-state index in [0.717, 1.165) is 25.7 Å². The lowest BCUT2D eigenvalue weighted by molar-refractivity contribution is -0.123. The molecular weight excluding hydrogens is 200 g/mol. The molecule has 0 aromatic rings. The van der Waals surface area contributed by atoms with Gasteiger partial charge in [0, 0.05) is 12.1 Å². The molecule has 0 aromatic heterocycles. The van der Waals surface area contributed by atoms with Crippen LogP contribution in [0.5, 0.6) is 0 Å². The second kappa shape index (κ2) is 8.57. The quantitative estimate of drug-likeness (QED) is 0.670. The predicted molar refractivity (Wildman–Crippen MR) is 69.5 cm³/mol. The lowest BCUT2D eigenvalue weighted by atomic mass is 10.1. The Kier molecular flexibility index (Phi) is 8.26. The SMILES string of the molecule is CCCC(C)NC(C)C(=O)NC(CC)CC. The number of amides is 1. The third kappa shape index (κ3) is 6.11. The number of hydrogen-bond donors (Lipinski definition) is 2. The molecule has 0 aliphatic heterocycles. The Labute approximate surface area is 100 Å². The summed E-state index contributed by atoms with van der Waals surface area (Å²) in [5.41, 5.74) is 0. The maximum atomic E-state index is 11.8. The van der Waals surface area contributed by atoms with Crippen LogP contribution in [-0.2, 0) is 4.79 Å². The van der Waals surface area contributed by atoms with Gasteiger partial charge in [0.05, 0.1) is 6.04 Å². The predicted octanol–water partition coefficient (Wildman–Crippen LogP) is 2.46. The zero-order valence-electron chi connectivity index (χ0n) is 11.5. The van der Waals surface area contributed by atoms with Gasteiger partial charge in [-0.2, -0.15) is 0 Å². The Morgan fingerprint density at radius 3 is 2.12 bits per heavy atom. The average molecular weight is 228 g/mol.